The highest BCUT2D eigenvalue weighted by Crippen LogP contribution is 2.32. The molecule has 2 fully saturated rings. The van der Waals surface area contributed by atoms with E-state index in [2.05, 4.69) is 20.9 Å². The Balaban J connectivity index is 0.000000301. The molecular weight excluding hydrogens is 526 g/mol. The van der Waals surface area contributed by atoms with Gasteiger partial charge in [0.2, 0.25) is 5.91 Å². The fourth-order valence-corrected chi connectivity index (χ4v) is 3.94. The van der Waals surface area contributed by atoms with Crippen LogP contribution >= 0.6 is 0 Å². The van der Waals surface area contributed by atoms with Gasteiger partial charge in [-0.05, 0) is 35.6 Å². The maximum atomic E-state index is 12.5. The largest absolute Gasteiger partial charge is 0.490 e. The minimum atomic E-state index is -5.08. The van der Waals surface area contributed by atoms with Crippen molar-refractivity contribution < 1.29 is 50.9 Å². The summed E-state index contributed by atoms with van der Waals surface area (Å²) >= 11 is 0. The number of likely N-dealkylation sites (tertiary alicyclic amines) is 2. The average molecular weight is 550 g/mol. The average Bonchev–Trinajstić information content (AvgIpc) is 3.39. The van der Waals surface area contributed by atoms with Crippen LogP contribution < -0.4 is 0 Å². The molecule has 38 heavy (non-hydrogen) atoms. The Morgan fingerprint density at radius 1 is 0.842 bits per heavy atom. The summed E-state index contributed by atoms with van der Waals surface area (Å²) in [6, 6.07) is 9.86. The van der Waals surface area contributed by atoms with Crippen LogP contribution in [0.1, 0.15) is 11.3 Å². The molecule has 2 N–H and O–H groups in total. The molecule has 2 aromatic heterocycles. The molecule has 9 nitrogen and oxygen atoms in total. The van der Waals surface area contributed by atoms with Crippen molar-refractivity contribution in [2.45, 2.75) is 25.3 Å². The summed E-state index contributed by atoms with van der Waals surface area (Å²) in [6.45, 7) is 4.89. The van der Waals surface area contributed by atoms with Gasteiger partial charge in [0.1, 0.15) is 0 Å². The number of hydrogen-bond donors (Lipinski definition) is 2. The van der Waals surface area contributed by atoms with E-state index in [-0.39, 0.29) is 5.91 Å². The molecule has 2 aromatic rings. The van der Waals surface area contributed by atoms with E-state index in [1.807, 2.05) is 41.6 Å². The van der Waals surface area contributed by atoms with Gasteiger partial charge in [0.25, 0.3) is 0 Å². The Morgan fingerprint density at radius 3 is 1.82 bits per heavy atom. The number of rotatable bonds is 4. The topological polar surface area (TPSA) is 124 Å². The van der Waals surface area contributed by atoms with Crippen LogP contribution in [0, 0.1) is 11.8 Å². The van der Waals surface area contributed by atoms with Crippen LogP contribution in [-0.2, 0) is 27.3 Å². The molecule has 0 unspecified atom stereocenters. The Labute approximate surface area is 212 Å². The molecule has 2 atom stereocenters. The quantitative estimate of drug-likeness (QED) is 0.558. The monoisotopic (exact) mass is 550 g/mol. The summed E-state index contributed by atoms with van der Waals surface area (Å²) in [7, 11) is 0. The zero-order chi connectivity index (χ0) is 28.5. The van der Waals surface area contributed by atoms with E-state index < -0.39 is 24.3 Å². The van der Waals surface area contributed by atoms with Gasteiger partial charge >= 0.3 is 24.3 Å². The van der Waals surface area contributed by atoms with Gasteiger partial charge in [0.05, 0.1) is 6.42 Å². The third-order valence-electron chi connectivity index (χ3n) is 5.59. The number of carboxylic acids is 2. The summed E-state index contributed by atoms with van der Waals surface area (Å²) in [6.07, 6.45) is -4.25. The molecule has 0 radical (unpaired) electrons. The molecule has 0 spiro atoms. The maximum Gasteiger partial charge on any atom is 0.490 e. The number of amides is 1. The Hall–Kier alpha value is -3.75. The summed E-state index contributed by atoms with van der Waals surface area (Å²) in [5.74, 6) is -4.09. The van der Waals surface area contributed by atoms with Crippen LogP contribution in [-0.4, -0.2) is 86.4 Å². The smallest absolute Gasteiger partial charge is 0.475 e. The zero-order valence-electron chi connectivity index (χ0n) is 19.7. The maximum absolute atomic E-state index is 12.5. The Bertz CT molecular complexity index is 1030. The van der Waals surface area contributed by atoms with Gasteiger partial charge in [0, 0.05) is 57.0 Å². The van der Waals surface area contributed by atoms with E-state index in [0.717, 1.165) is 38.4 Å². The number of nitrogens with zero attached hydrogens (tertiary/aromatic N) is 4. The number of fused-ring (bicyclic) bond motifs is 1. The SMILES string of the molecule is O=C(Cc1ccccn1)N1C[C@H]2CN(Cc3cccnc3)C[C@H]2C1.O=C(O)C(F)(F)F.O=C(O)C(F)(F)F. The van der Waals surface area contributed by atoms with Gasteiger partial charge in [-0.15, -0.1) is 0 Å². The van der Waals surface area contributed by atoms with E-state index in [4.69, 9.17) is 19.8 Å². The van der Waals surface area contributed by atoms with Crippen LogP contribution in [0.3, 0.4) is 0 Å². The first-order valence-electron chi connectivity index (χ1n) is 11.1. The van der Waals surface area contributed by atoms with Crippen molar-refractivity contribution >= 4 is 17.8 Å². The highest BCUT2D eigenvalue weighted by Gasteiger charge is 2.41. The van der Waals surface area contributed by atoms with Gasteiger partial charge in [-0.1, -0.05) is 12.1 Å². The fourth-order valence-electron chi connectivity index (χ4n) is 3.94. The number of carbonyl (C=O) groups is 3. The first kappa shape index (κ1) is 30.5. The molecule has 1 amide bonds. The lowest BCUT2D eigenvalue weighted by atomic mass is 10.0. The van der Waals surface area contributed by atoms with Crippen molar-refractivity contribution in [3.63, 3.8) is 0 Å². The van der Waals surface area contributed by atoms with Crippen molar-refractivity contribution in [3.05, 3.63) is 60.2 Å². The van der Waals surface area contributed by atoms with Gasteiger partial charge in [0.15, 0.2) is 0 Å². The molecule has 15 heteroatoms. The number of pyridine rings is 2. The summed E-state index contributed by atoms with van der Waals surface area (Å²) in [5, 5.41) is 14.2. The molecule has 208 valence electrons. The van der Waals surface area contributed by atoms with Crippen LogP contribution in [0.4, 0.5) is 26.3 Å². The zero-order valence-corrected chi connectivity index (χ0v) is 19.7. The van der Waals surface area contributed by atoms with Crippen molar-refractivity contribution in [1.82, 2.24) is 19.8 Å². The predicted molar refractivity (Wildman–Crippen MR) is 118 cm³/mol. The second-order valence-corrected chi connectivity index (χ2v) is 8.48. The molecule has 4 heterocycles. The van der Waals surface area contributed by atoms with Crippen LogP contribution in [0.5, 0.6) is 0 Å². The minimum Gasteiger partial charge on any atom is -0.475 e. The summed E-state index contributed by atoms with van der Waals surface area (Å²) < 4.78 is 63.5. The van der Waals surface area contributed by atoms with E-state index in [9.17, 15) is 31.1 Å². The number of halogens is 6. The number of alkyl halides is 6. The van der Waals surface area contributed by atoms with Crippen molar-refractivity contribution in [1.29, 1.82) is 0 Å². The molecule has 0 aliphatic carbocycles. The summed E-state index contributed by atoms with van der Waals surface area (Å²) in [4.78, 5) is 43.2. The second kappa shape index (κ2) is 13.2. The predicted octanol–water partition coefficient (Wildman–Crippen LogP) is 2.88. The van der Waals surface area contributed by atoms with Crippen molar-refractivity contribution in [3.8, 4) is 0 Å². The molecular formula is C23H24F6N4O5. The highest BCUT2D eigenvalue weighted by molar-refractivity contribution is 5.78. The van der Waals surface area contributed by atoms with Gasteiger partial charge < -0.3 is 15.1 Å². The number of aliphatic carboxylic acids is 2. The van der Waals surface area contributed by atoms with Gasteiger partial charge in [-0.25, -0.2) is 9.59 Å². The van der Waals surface area contributed by atoms with E-state index in [0.29, 0.717) is 18.3 Å². The van der Waals surface area contributed by atoms with Crippen molar-refractivity contribution in [2.24, 2.45) is 11.8 Å². The minimum absolute atomic E-state index is 0.210. The first-order valence-corrected chi connectivity index (χ1v) is 11.1. The Kier molecular flexibility index (Phi) is 10.6. The normalized spacial score (nSPS) is 18.9. The molecule has 4 rings (SSSR count). The third kappa shape index (κ3) is 9.95. The molecule has 0 bridgehead atoms. The van der Waals surface area contributed by atoms with E-state index in [1.54, 1.807) is 6.20 Å². The summed E-state index contributed by atoms with van der Waals surface area (Å²) in [5.41, 5.74) is 2.12. The first-order chi connectivity index (χ1) is 17.7. The van der Waals surface area contributed by atoms with Gasteiger partial charge in [-0.2, -0.15) is 26.3 Å². The molecule has 2 saturated heterocycles. The number of hydrogen-bond acceptors (Lipinski definition) is 6. The fraction of sp³-hybridized carbons (Fsp3) is 0.435. The highest BCUT2D eigenvalue weighted by atomic mass is 19.4. The lowest BCUT2D eigenvalue weighted by Crippen LogP contribution is -2.34. The lowest BCUT2D eigenvalue weighted by molar-refractivity contribution is -0.193. The molecule has 0 saturated carbocycles. The van der Waals surface area contributed by atoms with Crippen LogP contribution in [0.25, 0.3) is 0 Å². The lowest BCUT2D eigenvalue weighted by Gasteiger charge is -2.21. The van der Waals surface area contributed by atoms with Crippen molar-refractivity contribution in [2.75, 3.05) is 26.2 Å². The number of carbonyl (C=O) groups excluding carboxylic acids is 1. The van der Waals surface area contributed by atoms with Gasteiger partial charge in [-0.3, -0.25) is 19.7 Å². The number of aromatic nitrogens is 2. The Morgan fingerprint density at radius 2 is 1.39 bits per heavy atom. The van der Waals surface area contributed by atoms with Crippen LogP contribution in [0.15, 0.2) is 48.9 Å². The standard InChI is InChI=1S/C19H22N4O.2C2HF3O2/c24-19(8-18-5-1-2-7-21-18)23-13-16-11-22(12-17(16)14-23)10-15-4-3-6-20-9-15;2*3-2(4,5)1(6)7/h1-7,9,16-17H,8,10-14H2;2*(H,6,7)/t16-,17+;;. The van der Waals surface area contributed by atoms with E-state index in [1.165, 1.54) is 5.56 Å². The van der Waals surface area contributed by atoms with Crippen LogP contribution in [0.2, 0.25) is 0 Å². The number of carboxylic acid groups (broad SMARTS) is 2. The third-order valence-corrected chi connectivity index (χ3v) is 5.59. The molecule has 2 aliphatic heterocycles. The van der Waals surface area contributed by atoms with E-state index >= 15 is 0 Å². The molecule has 2 aliphatic rings. The second-order valence-electron chi connectivity index (χ2n) is 8.48. The molecule has 0 aromatic carbocycles.